The fraction of sp³-hybridized carbons (Fsp3) is 0.667. The van der Waals surface area contributed by atoms with Crippen molar-refractivity contribution in [2.75, 3.05) is 19.6 Å². The Bertz CT molecular complexity index is 309. The van der Waals surface area contributed by atoms with E-state index in [2.05, 4.69) is 16.3 Å². The molecule has 1 aromatic rings. The van der Waals surface area contributed by atoms with Crippen molar-refractivity contribution in [3.05, 3.63) is 24.2 Å². The van der Waals surface area contributed by atoms with Crippen molar-refractivity contribution in [2.45, 2.75) is 31.3 Å². The van der Waals surface area contributed by atoms with Crippen LogP contribution in [0.4, 0.5) is 0 Å². The molecular weight excluding hydrogens is 188 g/mol. The lowest BCUT2D eigenvalue weighted by molar-refractivity contribution is 0.170. The van der Waals surface area contributed by atoms with Crippen molar-refractivity contribution in [3.8, 4) is 0 Å². The van der Waals surface area contributed by atoms with Crippen molar-refractivity contribution >= 4 is 0 Å². The number of hydrogen-bond donors (Lipinski definition) is 1. The van der Waals surface area contributed by atoms with Crippen LogP contribution in [-0.2, 0) is 0 Å². The standard InChI is InChI=1S/C12H18N2O/c1-3-10-5-6-13-9-11(14(10)7-1)12-4-2-8-15-12/h2,4,8,10-11,13H,1,3,5-7,9H2. The summed E-state index contributed by atoms with van der Waals surface area (Å²) in [5.74, 6) is 1.12. The highest BCUT2D eigenvalue weighted by atomic mass is 16.3. The molecule has 0 aliphatic carbocycles. The number of hydrogen-bond acceptors (Lipinski definition) is 3. The summed E-state index contributed by atoms with van der Waals surface area (Å²) in [6.45, 7) is 3.42. The van der Waals surface area contributed by atoms with Gasteiger partial charge in [-0.3, -0.25) is 4.90 Å². The van der Waals surface area contributed by atoms with Gasteiger partial charge in [0, 0.05) is 12.6 Å². The molecule has 0 saturated carbocycles. The normalized spacial score (nSPS) is 32.5. The summed E-state index contributed by atoms with van der Waals surface area (Å²) < 4.78 is 5.56. The monoisotopic (exact) mass is 206 g/mol. The van der Waals surface area contributed by atoms with Gasteiger partial charge in [0.05, 0.1) is 12.3 Å². The first kappa shape index (κ1) is 9.43. The van der Waals surface area contributed by atoms with Crippen LogP contribution >= 0.6 is 0 Å². The Balaban J connectivity index is 1.85. The fourth-order valence-electron chi connectivity index (χ4n) is 2.95. The second-order valence-corrected chi connectivity index (χ2v) is 4.56. The van der Waals surface area contributed by atoms with E-state index in [9.17, 15) is 0 Å². The van der Waals surface area contributed by atoms with Gasteiger partial charge in [0.15, 0.2) is 0 Å². The Labute approximate surface area is 90.4 Å². The van der Waals surface area contributed by atoms with Crippen LogP contribution in [0.5, 0.6) is 0 Å². The Hall–Kier alpha value is -0.800. The van der Waals surface area contributed by atoms with E-state index in [0.29, 0.717) is 6.04 Å². The lowest BCUT2D eigenvalue weighted by atomic mass is 10.1. The number of fused-ring (bicyclic) bond motifs is 1. The van der Waals surface area contributed by atoms with Gasteiger partial charge in [0.1, 0.15) is 5.76 Å². The molecule has 1 N–H and O–H groups in total. The van der Waals surface area contributed by atoms with Gasteiger partial charge in [-0.15, -0.1) is 0 Å². The molecule has 3 heteroatoms. The molecule has 1 aromatic heterocycles. The molecule has 0 amide bonds. The molecule has 0 spiro atoms. The Morgan fingerprint density at radius 1 is 1.40 bits per heavy atom. The molecule has 3 rings (SSSR count). The number of nitrogens with one attached hydrogen (secondary N) is 1. The van der Waals surface area contributed by atoms with Crippen molar-refractivity contribution in [1.29, 1.82) is 0 Å². The Morgan fingerprint density at radius 2 is 2.40 bits per heavy atom. The molecule has 3 nitrogen and oxygen atoms in total. The van der Waals surface area contributed by atoms with E-state index in [1.54, 1.807) is 6.26 Å². The minimum absolute atomic E-state index is 0.454. The average Bonchev–Trinajstić information content (AvgIpc) is 2.88. The van der Waals surface area contributed by atoms with Crippen LogP contribution in [0.3, 0.4) is 0 Å². The molecule has 15 heavy (non-hydrogen) atoms. The largest absolute Gasteiger partial charge is 0.468 e. The summed E-state index contributed by atoms with van der Waals surface area (Å²) in [7, 11) is 0. The molecule has 2 aliphatic rings. The van der Waals surface area contributed by atoms with E-state index < -0.39 is 0 Å². The van der Waals surface area contributed by atoms with Gasteiger partial charge in [-0.25, -0.2) is 0 Å². The van der Waals surface area contributed by atoms with Gasteiger partial charge in [-0.2, -0.15) is 0 Å². The Kier molecular flexibility index (Phi) is 2.51. The molecule has 0 aromatic carbocycles. The van der Waals surface area contributed by atoms with E-state index in [1.165, 1.54) is 25.8 Å². The maximum absolute atomic E-state index is 5.56. The van der Waals surface area contributed by atoms with Crippen molar-refractivity contribution in [1.82, 2.24) is 10.2 Å². The highest BCUT2D eigenvalue weighted by molar-refractivity contribution is 5.08. The fourth-order valence-corrected chi connectivity index (χ4v) is 2.95. The van der Waals surface area contributed by atoms with E-state index in [0.717, 1.165) is 24.9 Å². The van der Waals surface area contributed by atoms with Crippen molar-refractivity contribution in [2.24, 2.45) is 0 Å². The van der Waals surface area contributed by atoms with E-state index in [4.69, 9.17) is 4.42 Å². The lowest BCUT2D eigenvalue weighted by Gasteiger charge is -2.28. The van der Waals surface area contributed by atoms with Crippen molar-refractivity contribution in [3.63, 3.8) is 0 Å². The molecule has 2 aliphatic heterocycles. The lowest BCUT2D eigenvalue weighted by Crippen LogP contribution is -2.34. The Morgan fingerprint density at radius 3 is 3.27 bits per heavy atom. The van der Waals surface area contributed by atoms with E-state index in [-0.39, 0.29) is 0 Å². The maximum atomic E-state index is 5.56. The number of nitrogens with zero attached hydrogens (tertiary/aromatic N) is 1. The molecule has 2 fully saturated rings. The van der Waals surface area contributed by atoms with Gasteiger partial charge in [0.2, 0.25) is 0 Å². The second-order valence-electron chi connectivity index (χ2n) is 4.56. The first-order valence-electron chi connectivity index (χ1n) is 5.95. The molecule has 2 unspecified atom stereocenters. The molecule has 82 valence electrons. The third-order valence-electron chi connectivity index (χ3n) is 3.69. The molecule has 0 radical (unpaired) electrons. The van der Waals surface area contributed by atoms with Gasteiger partial charge >= 0.3 is 0 Å². The van der Waals surface area contributed by atoms with Gasteiger partial charge in [-0.1, -0.05) is 0 Å². The van der Waals surface area contributed by atoms with Crippen LogP contribution in [0.15, 0.2) is 22.8 Å². The predicted octanol–water partition coefficient (Wildman–Crippen LogP) is 1.78. The molecule has 3 heterocycles. The minimum Gasteiger partial charge on any atom is -0.468 e. The highest BCUT2D eigenvalue weighted by Gasteiger charge is 2.34. The van der Waals surface area contributed by atoms with Crippen LogP contribution in [0.1, 0.15) is 31.1 Å². The van der Waals surface area contributed by atoms with Gasteiger partial charge in [0.25, 0.3) is 0 Å². The smallest absolute Gasteiger partial charge is 0.122 e. The minimum atomic E-state index is 0.454. The van der Waals surface area contributed by atoms with Gasteiger partial charge in [-0.05, 0) is 44.5 Å². The molecule has 0 bridgehead atoms. The molecule has 2 saturated heterocycles. The molecular formula is C12H18N2O. The van der Waals surface area contributed by atoms with Crippen LogP contribution in [0.2, 0.25) is 0 Å². The third kappa shape index (κ3) is 1.70. The topological polar surface area (TPSA) is 28.4 Å². The van der Waals surface area contributed by atoms with Crippen LogP contribution in [-0.4, -0.2) is 30.6 Å². The SMILES string of the molecule is c1coc(C2CNCCC3CCCN32)c1. The summed E-state index contributed by atoms with van der Waals surface area (Å²) in [5, 5.41) is 3.51. The highest BCUT2D eigenvalue weighted by Crippen LogP contribution is 2.32. The third-order valence-corrected chi connectivity index (χ3v) is 3.69. The summed E-state index contributed by atoms with van der Waals surface area (Å²) >= 11 is 0. The van der Waals surface area contributed by atoms with Crippen LogP contribution < -0.4 is 5.32 Å². The maximum Gasteiger partial charge on any atom is 0.122 e. The quantitative estimate of drug-likeness (QED) is 0.759. The molecule has 2 atom stereocenters. The number of rotatable bonds is 1. The predicted molar refractivity (Wildman–Crippen MR) is 58.7 cm³/mol. The zero-order valence-corrected chi connectivity index (χ0v) is 8.98. The van der Waals surface area contributed by atoms with Crippen molar-refractivity contribution < 1.29 is 4.42 Å². The summed E-state index contributed by atoms with van der Waals surface area (Å²) in [4.78, 5) is 2.62. The zero-order valence-electron chi connectivity index (χ0n) is 8.98. The van der Waals surface area contributed by atoms with E-state index >= 15 is 0 Å². The summed E-state index contributed by atoms with van der Waals surface area (Å²) in [6.07, 6.45) is 5.78. The van der Waals surface area contributed by atoms with Crippen LogP contribution in [0, 0.1) is 0 Å². The average molecular weight is 206 g/mol. The van der Waals surface area contributed by atoms with Gasteiger partial charge < -0.3 is 9.73 Å². The first-order valence-corrected chi connectivity index (χ1v) is 5.95. The second kappa shape index (κ2) is 3.99. The summed E-state index contributed by atoms with van der Waals surface area (Å²) in [5.41, 5.74) is 0. The zero-order chi connectivity index (χ0) is 10.1. The first-order chi connectivity index (χ1) is 7.45. The van der Waals surface area contributed by atoms with Crippen LogP contribution in [0.25, 0.3) is 0 Å². The summed E-state index contributed by atoms with van der Waals surface area (Å²) in [6, 6.07) is 5.32. The van der Waals surface area contributed by atoms with E-state index in [1.807, 2.05) is 6.07 Å². The number of furan rings is 1.